The molecule has 0 unspecified atom stereocenters. The van der Waals surface area contributed by atoms with Crippen LogP contribution in [0.25, 0.3) is 214 Å². The molecule has 0 spiro atoms. The van der Waals surface area contributed by atoms with E-state index in [0.29, 0.717) is 0 Å². The van der Waals surface area contributed by atoms with Gasteiger partial charge in [-0.05, 0) is 268 Å². The summed E-state index contributed by atoms with van der Waals surface area (Å²) in [6.45, 7) is 13.3. The molecule has 0 saturated heterocycles. The molecule has 0 aliphatic carbocycles. The van der Waals surface area contributed by atoms with E-state index in [2.05, 4.69) is 474 Å². The minimum Gasteiger partial charge on any atom is -0.309 e. The molecule has 0 N–H and O–H groups in total. The van der Waals surface area contributed by atoms with E-state index >= 15 is 0 Å². The van der Waals surface area contributed by atoms with Crippen LogP contribution in [-0.4, -0.2) is 13.7 Å². The van der Waals surface area contributed by atoms with Crippen LogP contribution >= 0.6 is 0 Å². The van der Waals surface area contributed by atoms with Crippen molar-refractivity contribution in [2.24, 2.45) is 0 Å². The van der Waals surface area contributed by atoms with E-state index in [1.54, 1.807) is 0 Å². The molecule has 24 aromatic rings. The number of aromatic nitrogens is 3. The summed E-state index contributed by atoms with van der Waals surface area (Å²) in [7, 11) is 0. The van der Waals surface area contributed by atoms with E-state index in [1.807, 2.05) is 0 Å². The van der Waals surface area contributed by atoms with E-state index in [0.717, 1.165) is 0 Å². The third-order valence-corrected chi connectivity index (χ3v) is 25.9. The molecule has 0 radical (unpaired) electrons. The van der Waals surface area contributed by atoms with Gasteiger partial charge < -0.3 is 13.7 Å². The number of nitrogens with zero attached hydrogens (tertiary/aromatic N) is 3. The second kappa shape index (κ2) is 30.4. The van der Waals surface area contributed by atoms with Gasteiger partial charge in [0.25, 0.3) is 0 Å². The highest BCUT2D eigenvalue weighted by molar-refractivity contribution is 6.25. The van der Waals surface area contributed by atoms with Crippen molar-refractivity contribution in [2.75, 3.05) is 0 Å². The fourth-order valence-corrected chi connectivity index (χ4v) is 20.5. The van der Waals surface area contributed by atoms with Crippen molar-refractivity contribution in [1.29, 1.82) is 0 Å². The van der Waals surface area contributed by atoms with E-state index in [4.69, 9.17) is 0 Å². The van der Waals surface area contributed by atoms with Crippen LogP contribution in [-0.2, 0) is 0 Å². The lowest BCUT2D eigenvalue weighted by Crippen LogP contribution is -1.95. The molecule has 123 heavy (non-hydrogen) atoms. The zero-order chi connectivity index (χ0) is 82.5. The molecule has 0 bridgehead atoms. The van der Waals surface area contributed by atoms with Gasteiger partial charge in [-0.2, -0.15) is 0 Å². The molecule has 3 heterocycles. The normalized spacial score (nSPS) is 11.7. The van der Waals surface area contributed by atoms with Gasteiger partial charge in [-0.3, -0.25) is 0 Å². The molecule has 0 aliphatic rings. The topological polar surface area (TPSA) is 14.8 Å². The Hall–Kier alpha value is -15.4. The first-order valence-electron chi connectivity index (χ1n) is 42.9. The van der Waals surface area contributed by atoms with Crippen molar-refractivity contribution in [1.82, 2.24) is 13.7 Å². The lowest BCUT2D eigenvalue weighted by molar-refractivity contribution is 1.18. The maximum absolute atomic E-state index is 2.38. The monoisotopic (exact) mass is 1570 g/mol. The zero-order valence-corrected chi connectivity index (χ0v) is 69.7. The average Bonchev–Trinajstić information content (AvgIpc) is 1.38. The Bertz CT molecular complexity index is 7980. The van der Waals surface area contributed by atoms with E-state index in [-0.39, 0.29) is 0 Å². The number of fused-ring (bicyclic) bond motifs is 15. The van der Waals surface area contributed by atoms with Crippen LogP contribution in [0.4, 0.5) is 0 Å². The number of benzene rings is 21. The van der Waals surface area contributed by atoms with Gasteiger partial charge in [-0.25, -0.2) is 0 Å². The van der Waals surface area contributed by atoms with Crippen molar-refractivity contribution in [3.63, 3.8) is 0 Å². The maximum Gasteiger partial charge on any atom is 0.0541 e. The number of hydrogen-bond donors (Lipinski definition) is 0. The summed E-state index contributed by atoms with van der Waals surface area (Å²) in [6, 6.07) is 153. The second-order valence-electron chi connectivity index (χ2n) is 33.2. The summed E-state index contributed by atoms with van der Waals surface area (Å²) in [5, 5.41) is 23.2. The predicted octanol–water partition coefficient (Wildman–Crippen LogP) is 33.1. The Kier molecular flexibility index (Phi) is 18.3. The SMILES string of the molecule is Cc1cc(C)cc(-c2c3ccccc3c(-c3ccc(-n4c5ccccc5c5ccccc54)cc3)c3ccccc23)c1.Cc1cccc(-c2c3ccccc3c(-c3ccc(-n4c5ccccc5c5ccccc54)cc3)c3ccccc23)c1C.Cc1cccc(C)c1-c1c2ccccc2c(-c2ccc(-n3c4ccccc4c4ccccc43)cc2)c2ccccc12. The molecule has 24 rings (SSSR count). The quantitative estimate of drug-likeness (QED) is 0.128. The smallest absolute Gasteiger partial charge is 0.0541 e. The summed E-state index contributed by atoms with van der Waals surface area (Å²) in [4.78, 5) is 0. The van der Waals surface area contributed by atoms with Crippen LogP contribution in [0.1, 0.15) is 33.4 Å². The fraction of sp³-hybridized carbons (Fsp3) is 0.0500. The lowest BCUT2D eigenvalue weighted by Gasteiger charge is -2.20. The number of rotatable bonds is 9. The van der Waals surface area contributed by atoms with E-state index < -0.39 is 0 Å². The molecule has 21 aromatic carbocycles. The van der Waals surface area contributed by atoms with Crippen LogP contribution in [0, 0.1) is 41.5 Å². The molecule has 3 heteroatoms. The van der Waals surface area contributed by atoms with Crippen LogP contribution in [0.5, 0.6) is 0 Å². The highest BCUT2D eigenvalue weighted by Gasteiger charge is 2.24. The molecule has 3 aromatic heterocycles. The van der Waals surface area contributed by atoms with E-state index in [1.165, 1.54) is 247 Å². The Morgan fingerprint density at radius 3 is 0.626 bits per heavy atom. The first-order chi connectivity index (χ1) is 60.6. The van der Waals surface area contributed by atoms with Crippen LogP contribution in [0.3, 0.4) is 0 Å². The number of para-hydroxylation sites is 6. The van der Waals surface area contributed by atoms with Crippen molar-refractivity contribution in [3.05, 3.63) is 452 Å². The molecule has 582 valence electrons. The van der Waals surface area contributed by atoms with Crippen LogP contribution in [0.15, 0.2) is 419 Å². The Morgan fingerprint density at radius 2 is 0.358 bits per heavy atom. The first kappa shape index (κ1) is 73.9. The predicted molar refractivity (Wildman–Crippen MR) is 528 cm³/mol. The Balaban J connectivity index is 0.000000110. The van der Waals surface area contributed by atoms with Gasteiger partial charge in [0.1, 0.15) is 0 Å². The van der Waals surface area contributed by atoms with Gasteiger partial charge in [-0.15, -0.1) is 0 Å². The lowest BCUT2D eigenvalue weighted by atomic mass is 9.83. The van der Waals surface area contributed by atoms with Crippen molar-refractivity contribution in [2.45, 2.75) is 41.5 Å². The largest absolute Gasteiger partial charge is 0.309 e. The molecule has 3 nitrogen and oxygen atoms in total. The van der Waals surface area contributed by atoms with E-state index in [9.17, 15) is 0 Å². The van der Waals surface area contributed by atoms with Crippen molar-refractivity contribution in [3.8, 4) is 83.8 Å². The molecule has 0 aliphatic heterocycles. The third kappa shape index (κ3) is 12.4. The van der Waals surface area contributed by atoms with Gasteiger partial charge in [-0.1, -0.05) is 357 Å². The average molecular weight is 1570 g/mol. The zero-order valence-electron chi connectivity index (χ0n) is 69.7. The number of hydrogen-bond acceptors (Lipinski definition) is 0. The van der Waals surface area contributed by atoms with Crippen molar-refractivity contribution >= 4 is 130 Å². The highest BCUT2D eigenvalue weighted by atomic mass is 15.0. The molecular weight excluding hydrogens is 1480 g/mol. The summed E-state index contributed by atoms with van der Waals surface area (Å²) in [5.74, 6) is 0. The van der Waals surface area contributed by atoms with Gasteiger partial charge >= 0.3 is 0 Å². The van der Waals surface area contributed by atoms with Crippen LogP contribution < -0.4 is 0 Å². The third-order valence-electron chi connectivity index (χ3n) is 25.9. The molecule has 0 amide bonds. The first-order valence-corrected chi connectivity index (χ1v) is 42.9. The fourth-order valence-electron chi connectivity index (χ4n) is 20.5. The summed E-state index contributed by atoms with van der Waals surface area (Å²) in [6.07, 6.45) is 0. The molecule has 0 saturated carbocycles. The van der Waals surface area contributed by atoms with Gasteiger partial charge in [0, 0.05) is 49.4 Å². The summed E-state index contributed by atoms with van der Waals surface area (Å²) >= 11 is 0. The summed E-state index contributed by atoms with van der Waals surface area (Å²) in [5.41, 5.74) is 34.2. The van der Waals surface area contributed by atoms with Gasteiger partial charge in [0.2, 0.25) is 0 Å². The van der Waals surface area contributed by atoms with Gasteiger partial charge in [0.05, 0.1) is 33.1 Å². The summed E-state index contributed by atoms with van der Waals surface area (Å²) < 4.78 is 7.15. The number of aryl methyl sites for hydroxylation is 5. The molecule has 0 atom stereocenters. The Labute approximate surface area is 716 Å². The van der Waals surface area contributed by atoms with Crippen LogP contribution in [0.2, 0.25) is 0 Å². The highest BCUT2D eigenvalue weighted by Crippen LogP contribution is 2.50. The van der Waals surface area contributed by atoms with Gasteiger partial charge in [0.15, 0.2) is 0 Å². The molecular formula is C120H87N3. The molecule has 0 fully saturated rings. The standard InChI is InChI=1S/3C40H29N/c1-26-12-11-13-27(2)38(26)40-34-18-5-3-16-32(34)39(33-17-4-6-19-35(33)40)28-22-24-29(25-23-28)41-36-20-9-7-14-30(36)31-15-8-10-21-37(31)41;1-26-12-11-19-30(27(26)2)40-35-17-5-3-15-33(35)39(34-16-4-6-18-36(34)40)28-22-24-29(25-23-28)41-37-20-9-7-13-31(37)32-14-8-10-21-38(32)41;1-26-23-27(2)25-29(24-26)40-35-15-5-3-13-33(35)39(34-14-4-6-16-36(34)40)28-19-21-30(22-20-28)41-37-17-9-7-11-31(37)32-12-8-10-18-38(32)41/h3*3-25H,1-2H3. The van der Waals surface area contributed by atoms with Crippen molar-refractivity contribution < 1.29 is 0 Å². The maximum atomic E-state index is 2.38. The minimum atomic E-state index is 1.17. The minimum absolute atomic E-state index is 1.17. The second-order valence-corrected chi connectivity index (χ2v) is 33.2. The Morgan fingerprint density at radius 1 is 0.146 bits per heavy atom.